The molecule has 1 heterocycles. The Balaban J connectivity index is 1.74. The van der Waals surface area contributed by atoms with E-state index < -0.39 is 17.7 Å². The molecular formula is C24H19F2NO2. The van der Waals surface area contributed by atoms with Gasteiger partial charge in [0.15, 0.2) is 0 Å². The van der Waals surface area contributed by atoms with Crippen LogP contribution in [-0.2, 0) is 11.2 Å². The molecule has 3 aromatic carbocycles. The molecule has 1 aliphatic heterocycles. The Morgan fingerprint density at radius 3 is 2.59 bits per heavy atom. The number of nitrogens with zero attached hydrogens (tertiary/aromatic N) is 1. The van der Waals surface area contributed by atoms with Crippen molar-refractivity contribution in [3.63, 3.8) is 0 Å². The van der Waals surface area contributed by atoms with Crippen LogP contribution in [0.5, 0.6) is 5.75 Å². The molecule has 0 aliphatic carbocycles. The number of carbonyl (C=O) groups excluding carboxylic acids is 1. The fraction of sp³-hybridized carbons (Fsp3) is 0.125. The van der Waals surface area contributed by atoms with E-state index in [1.807, 2.05) is 24.3 Å². The highest BCUT2D eigenvalue weighted by Crippen LogP contribution is 2.39. The first-order valence-electron chi connectivity index (χ1n) is 9.34. The minimum atomic E-state index is -0.631. The summed E-state index contributed by atoms with van der Waals surface area (Å²) in [5.41, 5.74) is 2.52. The summed E-state index contributed by atoms with van der Waals surface area (Å²) in [6.07, 6.45) is 3.39. The van der Waals surface area contributed by atoms with Gasteiger partial charge in [-0.05, 0) is 47.9 Å². The summed E-state index contributed by atoms with van der Waals surface area (Å²) in [7, 11) is 0. The van der Waals surface area contributed by atoms with Crippen molar-refractivity contribution in [2.24, 2.45) is 0 Å². The molecule has 3 aromatic rings. The number of fused-ring (bicyclic) bond motifs is 1. The van der Waals surface area contributed by atoms with Gasteiger partial charge in [-0.1, -0.05) is 42.5 Å². The van der Waals surface area contributed by atoms with Gasteiger partial charge in [0, 0.05) is 23.7 Å². The van der Waals surface area contributed by atoms with Crippen molar-refractivity contribution >= 4 is 12.0 Å². The SMILES string of the molecule is O=C(/C=C/c1ccccc1F)N1CCc2ccccc2C1c1cc(F)ccc1O. The number of amides is 1. The predicted octanol–water partition coefficient (Wildman–Crippen LogP) is 4.86. The Bertz CT molecular complexity index is 1090. The van der Waals surface area contributed by atoms with Gasteiger partial charge in [0.25, 0.3) is 0 Å². The minimum Gasteiger partial charge on any atom is -0.508 e. The molecule has 1 amide bonds. The smallest absolute Gasteiger partial charge is 0.247 e. The standard InChI is InChI=1S/C24H19F2NO2/c25-18-10-11-22(28)20(15-18)24-19-7-3-1-5-16(19)13-14-27(24)23(29)12-9-17-6-2-4-8-21(17)26/h1-12,15,24,28H,13-14H2/b12-9+. The number of phenols is 1. The maximum absolute atomic E-state index is 13.9. The molecule has 0 spiro atoms. The summed E-state index contributed by atoms with van der Waals surface area (Å²) < 4.78 is 27.8. The second-order valence-electron chi connectivity index (χ2n) is 6.94. The molecule has 29 heavy (non-hydrogen) atoms. The predicted molar refractivity (Wildman–Crippen MR) is 107 cm³/mol. The van der Waals surface area contributed by atoms with E-state index in [1.54, 1.807) is 23.1 Å². The molecule has 1 aliphatic rings. The summed E-state index contributed by atoms with van der Waals surface area (Å²) in [6.45, 7) is 0.401. The highest BCUT2D eigenvalue weighted by Gasteiger charge is 2.32. The summed E-state index contributed by atoms with van der Waals surface area (Å²) in [5, 5.41) is 10.4. The Kier molecular flexibility index (Phi) is 5.12. The van der Waals surface area contributed by atoms with E-state index in [0.29, 0.717) is 24.1 Å². The maximum atomic E-state index is 13.9. The Morgan fingerprint density at radius 2 is 1.76 bits per heavy atom. The van der Waals surface area contributed by atoms with Gasteiger partial charge in [0.05, 0.1) is 6.04 Å². The molecule has 3 nitrogen and oxygen atoms in total. The molecule has 0 bridgehead atoms. The van der Waals surface area contributed by atoms with Gasteiger partial charge >= 0.3 is 0 Å². The van der Waals surface area contributed by atoms with Crippen LogP contribution in [0.1, 0.15) is 28.3 Å². The second kappa shape index (κ2) is 7.87. The molecule has 1 unspecified atom stereocenters. The van der Waals surface area contributed by atoms with Crippen molar-refractivity contribution in [2.75, 3.05) is 6.54 Å². The number of aromatic hydroxyl groups is 1. The summed E-state index contributed by atoms with van der Waals surface area (Å²) >= 11 is 0. The first-order chi connectivity index (χ1) is 14.0. The van der Waals surface area contributed by atoms with Crippen LogP contribution in [0.25, 0.3) is 6.08 Å². The van der Waals surface area contributed by atoms with Crippen molar-refractivity contribution in [2.45, 2.75) is 12.5 Å². The van der Waals surface area contributed by atoms with Gasteiger partial charge in [0.1, 0.15) is 17.4 Å². The molecule has 1 atom stereocenters. The lowest BCUT2D eigenvalue weighted by Crippen LogP contribution is -2.39. The van der Waals surface area contributed by atoms with Crippen LogP contribution >= 0.6 is 0 Å². The lowest BCUT2D eigenvalue weighted by molar-refractivity contribution is -0.128. The van der Waals surface area contributed by atoms with E-state index in [-0.39, 0.29) is 11.7 Å². The highest BCUT2D eigenvalue weighted by atomic mass is 19.1. The third kappa shape index (κ3) is 3.76. The first kappa shape index (κ1) is 18.9. The van der Waals surface area contributed by atoms with Crippen molar-refractivity contribution in [1.29, 1.82) is 0 Å². The molecule has 0 saturated heterocycles. The zero-order chi connectivity index (χ0) is 20.4. The number of hydrogen-bond donors (Lipinski definition) is 1. The van der Waals surface area contributed by atoms with Crippen molar-refractivity contribution in [3.8, 4) is 5.75 Å². The summed E-state index contributed by atoms with van der Waals surface area (Å²) in [6, 6.07) is 16.9. The van der Waals surface area contributed by atoms with Crippen LogP contribution in [0.4, 0.5) is 8.78 Å². The second-order valence-corrected chi connectivity index (χ2v) is 6.94. The zero-order valence-corrected chi connectivity index (χ0v) is 15.6. The number of benzene rings is 3. The Hall–Kier alpha value is -3.47. The maximum Gasteiger partial charge on any atom is 0.247 e. The molecule has 0 aromatic heterocycles. The highest BCUT2D eigenvalue weighted by molar-refractivity contribution is 5.92. The Labute approximate surface area is 167 Å². The van der Waals surface area contributed by atoms with Crippen LogP contribution in [0.3, 0.4) is 0 Å². The van der Waals surface area contributed by atoms with E-state index >= 15 is 0 Å². The average molecular weight is 391 g/mol. The molecular weight excluding hydrogens is 372 g/mol. The number of phenolic OH excluding ortho intramolecular Hbond substituents is 1. The van der Waals surface area contributed by atoms with Crippen LogP contribution in [0.15, 0.2) is 72.8 Å². The molecule has 0 radical (unpaired) electrons. The minimum absolute atomic E-state index is 0.0796. The third-order valence-corrected chi connectivity index (χ3v) is 5.16. The van der Waals surface area contributed by atoms with Gasteiger partial charge in [-0.15, -0.1) is 0 Å². The van der Waals surface area contributed by atoms with Gasteiger partial charge in [0.2, 0.25) is 5.91 Å². The van der Waals surface area contributed by atoms with Crippen molar-refractivity contribution < 1.29 is 18.7 Å². The zero-order valence-electron chi connectivity index (χ0n) is 15.6. The molecule has 1 N–H and O–H groups in total. The molecule has 0 saturated carbocycles. The lowest BCUT2D eigenvalue weighted by Gasteiger charge is -2.37. The average Bonchev–Trinajstić information content (AvgIpc) is 2.74. The van der Waals surface area contributed by atoms with Crippen molar-refractivity contribution in [1.82, 2.24) is 4.90 Å². The molecule has 4 rings (SSSR count). The van der Waals surface area contributed by atoms with Gasteiger partial charge in [-0.2, -0.15) is 0 Å². The van der Waals surface area contributed by atoms with Crippen LogP contribution in [0.2, 0.25) is 0 Å². The number of hydrogen-bond acceptors (Lipinski definition) is 2. The van der Waals surface area contributed by atoms with E-state index in [1.165, 1.54) is 36.4 Å². The van der Waals surface area contributed by atoms with E-state index in [4.69, 9.17) is 0 Å². The molecule has 5 heteroatoms. The van der Waals surface area contributed by atoms with E-state index in [9.17, 15) is 18.7 Å². The first-order valence-corrected chi connectivity index (χ1v) is 9.34. The fourth-order valence-corrected chi connectivity index (χ4v) is 3.75. The summed E-state index contributed by atoms with van der Waals surface area (Å²) in [4.78, 5) is 14.6. The Morgan fingerprint density at radius 1 is 1.00 bits per heavy atom. The molecule has 146 valence electrons. The number of rotatable bonds is 3. The van der Waals surface area contributed by atoms with Gasteiger partial charge < -0.3 is 10.0 Å². The molecule has 0 fully saturated rings. The monoisotopic (exact) mass is 391 g/mol. The lowest BCUT2D eigenvalue weighted by atomic mass is 9.87. The van der Waals surface area contributed by atoms with Crippen molar-refractivity contribution in [3.05, 3.63) is 107 Å². The van der Waals surface area contributed by atoms with E-state index in [0.717, 1.165) is 11.1 Å². The van der Waals surface area contributed by atoms with Crippen LogP contribution < -0.4 is 0 Å². The fourth-order valence-electron chi connectivity index (χ4n) is 3.75. The van der Waals surface area contributed by atoms with Crippen LogP contribution in [-0.4, -0.2) is 22.5 Å². The largest absolute Gasteiger partial charge is 0.508 e. The topological polar surface area (TPSA) is 40.5 Å². The van der Waals surface area contributed by atoms with E-state index in [2.05, 4.69) is 0 Å². The quantitative estimate of drug-likeness (QED) is 0.648. The number of halogens is 2. The van der Waals surface area contributed by atoms with Gasteiger partial charge in [-0.3, -0.25) is 4.79 Å². The number of carbonyl (C=O) groups is 1. The normalized spacial score (nSPS) is 16.1. The van der Waals surface area contributed by atoms with Crippen LogP contribution in [0, 0.1) is 11.6 Å². The van der Waals surface area contributed by atoms with Gasteiger partial charge in [-0.25, -0.2) is 8.78 Å². The summed E-state index contributed by atoms with van der Waals surface area (Å²) in [5.74, 6) is -1.32. The third-order valence-electron chi connectivity index (χ3n) is 5.16.